The molecule has 0 heterocycles. The van der Waals surface area contributed by atoms with Gasteiger partial charge < -0.3 is 5.11 Å². The lowest BCUT2D eigenvalue weighted by Gasteiger charge is -2.08. The first kappa shape index (κ1) is 31.0. The van der Waals surface area contributed by atoms with E-state index in [2.05, 4.69) is 13.8 Å². The molecule has 0 rings (SSSR count). The number of unbranched alkanes of at least 4 members (excludes halogenated alkanes) is 23. The molecule has 1 heteroatoms. The van der Waals surface area contributed by atoms with E-state index in [0.717, 1.165) is 6.42 Å². The summed E-state index contributed by atoms with van der Waals surface area (Å²) in [6.07, 6.45) is 37.3. The summed E-state index contributed by atoms with van der Waals surface area (Å²) in [5, 5.41) is 8.92. The van der Waals surface area contributed by atoms with Gasteiger partial charge in [-0.15, -0.1) is 0 Å². The molecule has 0 bridgehead atoms. The Morgan fingerprint density at radius 1 is 0.387 bits per heavy atom. The quantitative estimate of drug-likeness (QED) is 0.126. The molecule has 0 aliphatic carbocycles. The van der Waals surface area contributed by atoms with Crippen molar-refractivity contribution in [2.75, 3.05) is 6.61 Å². The molecule has 0 spiro atoms. The zero-order chi connectivity index (χ0) is 22.7. The van der Waals surface area contributed by atoms with Gasteiger partial charge in [-0.3, -0.25) is 0 Å². The van der Waals surface area contributed by atoms with Crippen molar-refractivity contribution in [2.45, 2.75) is 181 Å². The predicted molar refractivity (Wildman–Crippen MR) is 142 cm³/mol. The van der Waals surface area contributed by atoms with E-state index in [4.69, 9.17) is 5.11 Å². The highest BCUT2D eigenvalue weighted by Crippen LogP contribution is 2.17. The fourth-order valence-corrected chi connectivity index (χ4v) is 4.82. The largest absolute Gasteiger partial charge is 0.396 e. The van der Waals surface area contributed by atoms with E-state index < -0.39 is 0 Å². The molecule has 1 N–H and O–H groups in total. The highest BCUT2D eigenvalue weighted by Gasteiger charge is 2.00. The standard InChI is InChI=1S/C30H62O/c1-3-4-5-6-7-8-9-10-11-12-13-14-15-16-17-18-19-20-21-22-23-24-25-26-27-30(2)28-29-31/h30-31H,3-29H2,1-2H3. The monoisotopic (exact) mass is 438 g/mol. The van der Waals surface area contributed by atoms with Crippen LogP contribution in [0.4, 0.5) is 0 Å². The van der Waals surface area contributed by atoms with Crippen molar-refractivity contribution in [1.29, 1.82) is 0 Å². The number of hydrogen-bond acceptors (Lipinski definition) is 1. The first-order chi connectivity index (χ1) is 15.3. The molecule has 0 fully saturated rings. The molecule has 1 nitrogen and oxygen atoms in total. The number of aliphatic hydroxyl groups is 1. The highest BCUT2D eigenvalue weighted by molar-refractivity contribution is 4.54. The zero-order valence-electron chi connectivity index (χ0n) is 22.1. The Labute approximate surface area is 198 Å². The summed E-state index contributed by atoms with van der Waals surface area (Å²) < 4.78 is 0. The van der Waals surface area contributed by atoms with Gasteiger partial charge in [0.15, 0.2) is 0 Å². The third kappa shape index (κ3) is 27.9. The Hall–Kier alpha value is -0.0400. The first-order valence-corrected chi connectivity index (χ1v) is 14.9. The van der Waals surface area contributed by atoms with E-state index >= 15 is 0 Å². The minimum absolute atomic E-state index is 0.362. The molecule has 0 aromatic rings. The maximum Gasteiger partial charge on any atom is 0.0433 e. The van der Waals surface area contributed by atoms with Gasteiger partial charge in [0.2, 0.25) is 0 Å². The van der Waals surface area contributed by atoms with Crippen molar-refractivity contribution in [3.8, 4) is 0 Å². The second kappa shape index (κ2) is 28.0. The lowest BCUT2D eigenvalue weighted by atomic mass is 9.99. The third-order valence-corrected chi connectivity index (χ3v) is 7.17. The van der Waals surface area contributed by atoms with E-state index in [-0.39, 0.29) is 0 Å². The van der Waals surface area contributed by atoms with Crippen LogP contribution in [0.5, 0.6) is 0 Å². The molecular weight excluding hydrogens is 376 g/mol. The van der Waals surface area contributed by atoms with Gasteiger partial charge in [-0.2, -0.15) is 0 Å². The van der Waals surface area contributed by atoms with Gasteiger partial charge in [0.1, 0.15) is 0 Å². The van der Waals surface area contributed by atoms with E-state index in [9.17, 15) is 0 Å². The van der Waals surface area contributed by atoms with Crippen LogP contribution in [-0.4, -0.2) is 11.7 Å². The van der Waals surface area contributed by atoms with Crippen LogP contribution < -0.4 is 0 Å². The molecule has 0 amide bonds. The summed E-state index contributed by atoms with van der Waals surface area (Å²) in [7, 11) is 0. The van der Waals surface area contributed by atoms with Crippen molar-refractivity contribution >= 4 is 0 Å². The number of rotatable bonds is 27. The molecule has 0 aliphatic rings. The van der Waals surface area contributed by atoms with Crippen LogP contribution in [0.2, 0.25) is 0 Å². The fraction of sp³-hybridized carbons (Fsp3) is 1.00. The van der Waals surface area contributed by atoms with Crippen LogP contribution in [-0.2, 0) is 0 Å². The first-order valence-electron chi connectivity index (χ1n) is 14.9. The molecule has 0 saturated heterocycles. The normalized spacial score (nSPS) is 12.5. The summed E-state index contributed by atoms with van der Waals surface area (Å²) in [5.41, 5.74) is 0. The Balaban J connectivity index is 3.02. The van der Waals surface area contributed by atoms with Gasteiger partial charge in [-0.1, -0.05) is 174 Å². The van der Waals surface area contributed by atoms with Crippen molar-refractivity contribution in [3.63, 3.8) is 0 Å². The molecule has 0 radical (unpaired) electrons. The van der Waals surface area contributed by atoms with Crippen LogP contribution in [0, 0.1) is 5.92 Å². The molecule has 0 saturated carbocycles. The second-order valence-corrected chi connectivity index (χ2v) is 10.5. The molecule has 1 unspecified atom stereocenters. The van der Waals surface area contributed by atoms with Crippen LogP contribution >= 0.6 is 0 Å². The smallest absolute Gasteiger partial charge is 0.0433 e. The molecule has 0 aromatic carbocycles. The lowest BCUT2D eigenvalue weighted by molar-refractivity contribution is 0.256. The third-order valence-electron chi connectivity index (χ3n) is 7.17. The van der Waals surface area contributed by atoms with E-state index in [1.165, 1.54) is 161 Å². The van der Waals surface area contributed by atoms with Crippen molar-refractivity contribution in [1.82, 2.24) is 0 Å². The molecular formula is C30H62O. The summed E-state index contributed by atoms with van der Waals surface area (Å²) >= 11 is 0. The Morgan fingerprint density at radius 2 is 0.645 bits per heavy atom. The van der Waals surface area contributed by atoms with Crippen LogP contribution in [0.15, 0.2) is 0 Å². The molecule has 0 aromatic heterocycles. The lowest BCUT2D eigenvalue weighted by Crippen LogP contribution is -1.97. The molecule has 188 valence electrons. The minimum atomic E-state index is 0.362. The number of hydrogen-bond donors (Lipinski definition) is 1. The maximum absolute atomic E-state index is 8.92. The van der Waals surface area contributed by atoms with Gasteiger partial charge in [-0.25, -0.2) is 0 Å². The average molecular weight is 439 g/mol. The summed E-state index contributed by atoms with van der Waals surface area (Å²) in [6.45, 7) is 4.94. The molecule has 0 aliphatic heterocycles. The molecule has 1 atom stereocenters. The van der Waals surface area contributed by atoms with Gasteiger partial charge in [0.05, 0.1) is 0 Å². The Bertz CT molecular complexity index is 301. The fourth-order valence-electron chi connectivity index (χ4n) is 4.82. The van der Waals surface area contributed by atoms with Gasteiger partial charge in [0, 0.05) is 6.61 Å². The van der Waals surface area contributed by atoms with Gasteiger partial charge in [0.25, 0.3) is 0 Å². The Kier molecular flexibility index (Phi) is 28.0. The predicted octanol–water partition coefficient (Wildman–Crippen LogP) is 10.8. The SMILES string of the molecule is CCCCCCCCCCCCCCCCCCCCCCCCCCC(C)CCO. The van der Waals surface area contributed by atoms with Crippen molar-refractivity contribution < 1.29 is 5.11 Å². The maximum atomic E-state index is 8.92. The summed E-state index contributed by atoms with van der Waals surface area (Å²) in [4.78, 5) is 0. The van der Waals surface area contributed by atoms with Crippen LogP contribution in [0.1, 0.15) is 181 Å². The van der Waals surface area contributed by atoms with Crippen LogP contribution in [0.3, 0.4) is 0 Å². The van der Waals surface area contributed by atoms with Crippen molar-refractivity contribution in [2.24, 2.45) is 5.92 Å². The second-order valence-electron chi connectivity index (χ2n) is 10.5. The van der Waals surface area contributed by atoms with Crippen LogP contribution in [0.25, 0.3) is 0 Å². The van der Waals surface area contributed by atoms with Crippen molar-refractivity contribution in [3.05, 3.63) is 0 Å². The topological polar surface area (TPSA) is 20.2 Å². The summed E-state index contributed by atoms with van der Waals surface area (Å²) in [6, 6.07) is 0. The van der Waals surface area contributed by atoms with Gasteiger partial charge >= 0.3 is 0 Å². The van der Waals surface area contributed by atoms with E-state index in [1.807, 2.05) is 0 Å². The van der Waals surface area contributed by atoms with E-state index in [0.29, 0.717) is 12.5 Å². The number of aliphatic hydroxyl groups excluding tert-OH is 1. The Morgan fingerprint density at radius 3 is 0.903 bits per heavy atom. The minimum Gasteiger partial charge on any atom is -0.396 e. The van der Waals surface area contributed by atoms with E-state index in [1.54, 1.807) is 0 Å². The highest BCUT2D eigenvalue weighted by atomic mass is 16.3. The zero-order valence-corrected chi connectivity index (χ0v) is 22.1. The molecule has 31 heavy (non-hydrogen) atoms. The van der Waals surface area contributed by atoms with Gasteiger partial charge in [-0.05, 0) is 12.3 Å². The summed E-state index contributed by atoms with van der Waals surface area (Å²) in [5.74, 6) is 0.713. The average Bonchev–Trinajstić information content (AvgIpc) is 2.77.